The second kappa shape index (κ2) is 28.8. The molecule has 0 aliphatic carbocycles. The molecule has 0 amide bonds. The summed E-state index contributed by atoms with van der Waals surface area (Å²) in [6, 6.07) is 0. The molecule has 36 nitrogen and oxygen atoms in total. The van der Waals surface area contributed by atoms with Crippen molar-refractivity contribution in [3.05, 3.63) is 0 Å². The predicted molar refractivity (Wildman–Crippen MR) is 241 cm³/mol. The van der Waals surface area contributed by atoms with Gasteiger partial charge in [0, 0.05) is 14.2 Å². The molecule has 0 aromatic heterocycles. The molecule has 468 valence electrons. The van der Waals surface area contributed by atoms with Crippen LogP contribution >= 0.6 is 0 Å². The molecule has 35 unspecified atom stereocenters. The Morgan fingerprint density at radius 2 is 0.475 bits per heavy atom. The monoisotopic (exact) mass is 1180 g/mol. The van der Waals surface area contributed by atoms with E-state index in [0.29, 0.717) is 0 Å². The van der Waals surface area contributed by atoms with Gasteiger partial charge in [0.25, 0.3) is 0 Å². The van der Waals surface area contributed by atoms with Crippen molar-refractivity contribution in [3.63, 3.8) is 0 Å². The van der Waals surface area contributed by atoms with Crippen molar-refractivity contribution in [2.45, 2.75) is 215 Å². The minimum Gasteiger partial charge on any atom is -0.394 e. The number of rotatable bonds is 21. The van der Waals surface area contributed by atoms with Crippen LogP contribution in [0, 0.1) is 0 Å². The fourth-order valence-corrected chi connectivity index (χ4v) is 10.3. The molecule has 80 heavy (non-hydrogen) atoms. The Labute approximate surface area is 453 Å². The maximum Gasteiger partial charge on any atom is 0.187 e. The second-order valence-corrected chi connectivity index (χ2v) is 20.0. The predicted octanol–water partition coefficient (Wildman–Crippen LogP) is -15.0. The molecule has 0 saturated carbocycles. The summed E-state index contributed by atoms with van der Waals surface area (Å²) in [5, 5.41) is 227. The summed E-state index contributed by atoms with van der Waals surface area (Å²) in [5.41, 5.74) is 0. The molecule has 0 radical (unpaired) electrons. The first-order valence-electron chi connectivity index (χ1n) is 25.4. The molecule has 7 rings (SSSR count). The molecule has 7 aliphatic rings. The van der Waals surface area contributed by atoms with Crippen molar-refractivity contribution in [1.82, 2.24) is 0 Å². The van der Waals surface area contributed by atoms with Crippen LogP contribution in [0.5, 0.6) is 0 Å². The highest BCUT2D eigenvalue weighted by Gasteiger charge is 2.58. The molecule has 7 heterocycles. The summed E-state index contributed by atoms with van der Waals surface area (Å²) < 4.78 is 83.9. The maximum absolute atomic E-state index is 11.9. The van der Waals surface area contributed by atoms with Gasteiger partial charge in [-0.1, -0.05) is 0 Å². The van der Waals surface area contributed by atoms with Crippen molar-refractivity contribution in [2.24, 2.45) is 0 Å². The van der Waals surface area contributed by atoms with Gasteiger partial charge in [-0.05, 0) is 0 Å². The summed E-state index contributed by atoms with van der Waals surface area (Å²) in [7, 11) is 2.21. The van der Waals surface area contributed by atoms with Gasteiger partial charge in [-0.25, -0.2) is 0 Å². The van der Waals surface area contributed by atoms with E-state index >= 15 is 0 Å². The van der Waals surface area contributed by atoms with Gasteiger partial charge in [-0.15, -0.1) is 0 Å². The largest absolute Gasteiger partial charge is 0.394 e. The fourth-order valence-electron chi connectivity index (χ4n) is 10.3. The molecule has 7 aliphatic heterocycles. The van der Waals surface area contributed by atoms with E-state index < -0.39 is 261 Å². The SMILES string of the molecule is COC1OC(CO)C(O)C(OC2OC(COC3OC(CO)C(O)C(OC4OC(CO)C(O)C(OC5OC(CO)C(O)C(O)C5O)C4O)C3O)C(O)C(OC3OC(CO)C(O)C(OC4OC(CO)C(O)C(OC)C4O)C3O)C2O)C1O. The molecule has 35 atom stereocenters. The Morgan fingerprint density at radius 3 is 0.800 bits per heavy atom. The van der Waals surface area contributed by atoms with Crippen LogP contribution in [-0.4, -0.2) is 383 Å². The Hall–Kier alpha value is -1.44. The lowest BCUT2D eigenvalue weighted by atomic mass is 9.95. The highest BCUT2D eigenvalue weighted by atomic mass is 16.8. The number of aliphatic hydroxyl groups excluding tert-OH is 21. The van der Waals surface area contributed by atoms with Gasteiger partial charge in [0.05, 0.1) is 46.2 Å². The third kappa shape index (κ3) is 13.6. The lowest BCUT2D eigenvalue weighted by Crippen LogP contribution is -2.68. The summed E-state index contributed by atoms with van der Waals surface area (Å²) in [5.74, 6) is 0. The van der Waals surface area contributed by atoms with Crippen LogP contribution in [-0.2, 0) is 71.1 Å². The molecule has 7 saturated heterocycles. The van der Waals surface area contributed by atoms with Crippen molar-refractivity contribution >= 4 is 0 Å². The van der Waals surface area contributed by atoms with Crippen molar-refractivity contribution in [3.8, 4) is 0 Å². The van der Waals surface area contributed by atoms with E-state index in [4.69, 9.17) is 71.1 Å². The minimum atomic E-state index is -2.27. The average Bonchev–Trinajstić information content (AvgIpc) is 3.46. The van der Waals surface area contributed by atoms with E-state index in [9.17, 15) is 107 Å². The first-order valence-corrected chi connectivity index (χ1v) is 25.4. The molecule has 0 spiro atoms. The van der Waals surface area contributed by atoms with Crippen LogP contribution in [0.25, 0.3) is 0 Å². The van der Waals surface area contributed by atoms with E-state index in [1.165, 1.54) is 0 Å². The highest BCUT2D eigenvalue weighted by molar-refractivity contribution is 5.00. The zero-order valence-corrected chi connectivity index (χ0v) is 42.7. The molecule has 36 heteroatoms. The Bertz CT molecular complexity index is 1840. The molecular weight excluding hydrogens is 1100 g/mol. The number of hydrogen-bond donors (Lipinski definition) is 21. The van der Waals surface area contributed by atoms with E-state index in [1.54, 1.807) is 0 Å². The highest BCUT2D eigenvalue weighted by Crippen LogP contribution is 2.37. The normalized spacial score (nSPS) is 52.5. The Morgan fingerprint density at radius 1 is 0.237 bits per heavy atom. The van der Waals surface area contributed by atoms with Gasteiger partial charge < -0.3 is 178 Å². The van der Waals surface area contributed by atoms with Crippen LogP contribution in [0.15, 0.2) is 0 Å². The van der Waals surface area contributed by atoms with Gasteiger partial charge in [0.15, 0.2) is 44.0 Å². The van der Waals surface area contributed by atoms with Gasteiger partial charge >= 0.3 is 0 Å². The molecular formula is C44H76O36. The van der Waals surface area contributed by atoms with Gasteiger partial charge in [0.2, 0.25) is 0 Å². The second-order valence-electron chi connectivity index (χ2n) is 20.0. The first-order chi connectivity index (χ1) is 38.0. The first kappa shape index (κ1) is 66.1. The van der Waals surface area contributed by atoms with Crippen molar-refractivity contribution in [2.75, 3.05) is 60.5 Å². The van der Waals surface area contributed by atoms with E-state index in [-0.39, 0.29) is 0 Å². The molecule has 0 aromatic rings. The maximum atomic E-state index is 11.9. The molecule has 0 aromatic carbocycles. The summed E-state index contributed by atoms with van der Waals surface area (Å²) in [6.07, 6.45) is -66.8. The Kier molecular flexibility index (Phi) is 23.8. The minimum absolute atomic E-state index is 0.823. The zero-order valence-electron chi connectivity index (χ0n) is 42.7. The summed E-state index contributed by atoms with van der Waals surface area (Å²) in [4.78, 5) is 0. The lowest BCUT2D eigenvalue weighted by Gasteiger charge is -2.49. The fraction of sp³-hybridized carbons (Fsp3) is 1.00. The van der Waals surface area contributed by atoms with E-state index in [2.05, 4.69) is 0 Å². The lowest BCUT2D eigenvalue weighted by molar-refractivity contribution is -0.395. The zero-order chi connectivity index (χ0) is 58.8. The van der Waals surface area contributed by atoms with Crippen LogP contribution in [0.1, 0.15) is 0 Å². The summed E-state index contributed by atoms with van der Waals surface area (Å²) in [6.45, 7) is -6.62. The number of hydrogen-bond acceptors (Lipinski definition) is 36. The molecule has 0 bridgehead atoms. The van der Waals surface area contributed by atoms with Gasteiger partial charge in [0.1, 0.15) is 171 Å². The van der Waals surface area contributed by atoms with Crippen LogP contribution in [0.4, 0.5) is 0 Å². The summed E-state index contributed by atoms with van der Waals surface area (Å²) >= 11 is 0. The van der Waals surface area contributed by atoms with Crippen LogP contribution in [0.3, 0.4) is 0 Å². The topological polar surface area (TPSA) is 563 Å². The van der Waals surface area contributed by atoms with E-state index in [0.717, 1.165) is 14.2 Å². The van der Waals surface area contributed by atoms with Crippen LogP contribution in [0.2, 0.25) is 0 Å². The number of aliphatic hydroxyl groups is 21. The van der Waals surface area contributed by atoms with Crippen LogP contribution < -0.4 is 0 Å². The Balaban J connectivity index is 1.12. The molecule has 21 N–H and O–H groups in total. The van der Waals surface area contributed by atoms with E-state index in [1.807, 2.05) is 0 Å². The molecule has 7 fully saturated rings. The van der Waals surface area contributed by atoms with Gasteiger partial charge in [-0.2, -0.15) is 0 Å². The third-order valence-corrected chi connectivity index (χ3v) is 15.0. The quantitative estimate of drug-likeness (QED) is 0.0507. The number of ether oxygens (including phenoxy) is 15. The van der Waals surface area contributed by atoms with Gasteiger partial charge in [-0.3, -0.25) is 0 Å². The standard InChI is InChI=1S/C44H76O36/c1-66-32-18(52)11(4-46)72-41(26(32)60)79-36-22(56)15(8-50)74-43(30(36)64)80-37-23(57)16(75-44(31(37)65)77-33-19(53)12(5-47)69-38(67-2)27(33)61)9-68-39-28(62)34(20(54)13(6-48)70-39)78-42-29(63)35(21(55)14(7-49)73-42)76-40-25(59)24(58)17(51)10(3-45)71-40/h10-65H,3-9H2,1-2H3. The number of methoxy groups -OCH3 is 2. The van der Waals surface area contributed by atoms with Crippen molar-refractivity contribution in [1.29, 1.82) is 0 Å². The third-order valence-electron chi connectivity index (χ3n) is 15.0. The van der Waals surface area contributed by atoms with Crippen molar-refractivity contribution < 1.29 is 178 Å². The smallest absolute Gasteiger partial charge is 0.187 e. The average molecular weight is 1180 g/mol.